The maximum atomic E-state index is 11.6. The Kier molecular flexibility index (Phi) is 4.46. The van der Waals surface area contributed by atoms with Gasteiger partial charge in [0.1, 0.15) is 0 Å². The summed E-state index contributed by atoms with van der Waals surface area (Å²) in [5.41, 5.74) is 0.989. The van der Waals surface area contributed by atoms with Crippen LogP contribution >= 0.6 is 0 Å². The predicted octanol–water partition coefficient (Wildman–Crippen LogP) is 1.47. The van der Waals surface area contributed by atoms with Crippen LogP contribution in [0.4, 0.5) is 0 Å². The van der Waals surface area contributed by atoms with Crippen LogP contribution in [-0.2, 0) is 14.3 Å². The van der Waals surface area contributed by atoms with E-state index in [1.165, 1.54) is 12.1 Å². The summed E-state index contributed by atoms with van der Waals surface area (Å²) in [4.78, 5) is 0.142. The lowest BCUT2D eigenvalue weighted by molar-refractivity contribution is 0.157. The second-order valence-electron chi connectivity index (χ2n) is 3.73. The molecule has 1 rings (SSSR count). The average Bonchev–Trinajstić information content (AvgIpc) is 2.17. The van der Waals surface area contributed by atoms with Crippen LogP contribution in [0.5, 0.6) is 0 Å². The number of aliphatic hydroxyl groups excluding tert-OH is 1. The van der Waals surface area contributed by atoms with E-state index < -0.39 is 16.2 Å². The summed E-state index contributed by atoms with van der Waals surface area (Å²) in [6.45, 7) is 3.46. The van der Waals surface area contributed by atoms with Crippen molar-refractivity contribution in [3.8, 4) is 0 Å². The smallest absolute Gasteiger partial charge is 0.296 e. The van der Waals surface area contributed by atoms with Gasteiger partial charge in [0.2, 0.25) is 0 Å². The second-order valence-corrected chi connectivity index (χ2v) is 5.34. The minimum atomic E-state index is -3.68. The zero-order valence-electron chi connectivity index (χ0n) is 9.38. The Morgan fingerprint density at radius 1 is 1.31 bits per heavy atom. The van der Waals surface area contributed by atoms with Crippen LogP contribution in [0, 0.1) is 6.92 Å². The van der Waals surface area contributed by atoms with Crippen molar-refractivity contribution in [2.24, 2.45) is 0 Å². The molecule has 0 saturated carbocycles. The maximum Gasteiger partial charge on any atom is 0.296 e. The molecule has 0 aliphatic heterocycles. The topological polar surface area (TPSA) is 63.6 Å². The second kappa shape index (κ2) is 5.43. The maximum absolute atomic E-state index is 11.6. The monoisotopic (exact) mass is 244 g/mol. The Hall–Kier alpha value is -0.910. The third-order valence-corrected chi connectivity index (χ3v) is 3.41. The van der Waals surface area contributed by atoms with Gasteiger partial charge in [-0.1, -0.05) is 17.7 Å². The first-order valence-corrected chi connectivity index (χ1v) is 6.47. The molecule has 0 aliphatic carbocycles. The van der Waals surface area contributed by atoms with Gasteiger partial charge in [0.25, 0.3) is 10.1 Å². The molecule has 0 bridgehead atoms. The van der Waals surface area contributed by atoms with Gasteiger partial charge in [0, 0.05) is 0 Å². The molecular weight excluding hydrogens is 228 g/mol. The van der Waals surface area contributed by atoms with Crippen LogP contribution in [0.15, 0.2) is 29.2 Å². The third kappa shape index (κ3) is 3.92. The molecular formula is C11H16O4S. The zero-order valence-corrected chi connectivity index (χ0v) is 10.2. The van der Waals surface area contributed by atoms with Crippen LogP contribution in [0.25, 0.3) is 0 Å². The van der Waals surface area contributed by atoms with Crippen molar-refractivity contribution in [1.29, 1.82) is 0 Å². The van der Waals surface area contributed by atoms with Gasteiger partial charge in [-0.15, -0.1) is 0 Å². The fraction of sp³-hybridized carbons (Fsp3) is 0.455. The normalized spacial score (nSPS) is 13.7. The number of hydrogen-bond donors (Lipinski definition) is 1. The summed E-state index contributed by atoms with van der Waals surface area (Å²) in [6.07, 6.45) is -0.265. The van der Waals surface area contributed by atoms with E-state index in [1.54, 1.807) is 19.1 Å². The predicted molar refractivity (Wildman–Crippen MR) is 60.6 cm³/mol. The molecule has 0 amide bonds. The summed E-state index contributed by atoms with van der Waals surface area (Å²) in [6, 6.07) is 6.44. The minimum Gasteiger partial charge on any atom is -0.393 e. The van der Waals surface area contributed by atoms with E-state index in [2.05, 4.69) is 0 Å². The third-order valence-electron chi connectivity index (χ3n) is 2.08. The first-order chi connectivity index (χ1) is 7.42. The molecule has 0 spiro atoms. The highest BCUT2D eigenvalue weighted by Gasteiger charge is 2.14. The van der Waals surface area contributed by atoms with Crippen molar-refractivity contribution in [1.82, 2.24) is 0 Å². The van der Waals surface area contributed by atoms with E-state index in [0.29, 0.717) is 6.42 Å². The van der Waals surface area contributed by atoms with Crippen molar-refractivity contribution in [2.75, 3.05) is 6.61 Å². The van der Waals surface area contributed by atoms with E-state index in [9.17, 15) is 8.42 Å². The molecule has 4 nitrogen and oxygen atoms in total. The van der Waals surface area contributed by atoms with Gasteiger partial charge < -0.3 is 5.11 Å². The molecule has 0 fully saturated rings. The molecule has 16 heavy (non-hydrogen) atoms. The molecule has 1 atom stereocenters. The lowest BCUT2D eigenvalue weighted by Crippen LogP contribution is -2.11. The van der Waals surface area contributed by atoms with E-state index in [0.717, 1.165) is 5.56 Å². The molecule has 90 valence electrons. The molecule has 1 aromatic rings. The number of benzene rings is 1. The molecule has 0 unspecified atom stereocenters. The highest BCUT2D eigenvalue weighted by atomic mass is 32.2. The molecule has 0 aromatic heterocycles. The first kappa shape index (κ1) is 13.2. The number of aliphatic hydroxyl groups is 1. The lowest BCUT2D eigenvalue weighted by atomic mass is 10.2. The molecule has 1 N–H and O–H groups in total. The highest BCUT2D eigenvalue weighted by Crippen LogP contribution is 2.13. The van der Waals surface area contributed by atoms with Crippen molar-refractivity contribution in [3.05, 3.63) is 29.8 Å². The van der Waals surface area contributed by atoms with Gasteiger partial charge >= 0.3 is 0 Å². The summed E-state index contributed by atoms with van der Waals surface area (Å²) in [7, 11) is -3.68. The van der Waals surface area contributed by atoms with Crippen molar-refractivity contribution in [3.63, 3.8) is 0 Å². The molecule has 0 heterocycles. The van der Waals surface area contributed by atoms with E-state index in [4.69, 9.17) is 9.29 Å². The van der Waals surface area contributed by atoms with E-state index >= 15 is 0 Å². The summed E-state index contributed by atoms with van der Waals surface area (Å²) < 4.78 is 28.0. The zero-order chi connectivity index (χ0) is 12.2. The number of rotatable bonds is 5. The van der Waals surface area contributed by atoms with E-state index in [-0.39, 0.29) is 11.5 Å². The largest absolute Gasteiger partial charge is 0.393 e. The van der Waals surface area contributed by atoms with Gasteiger partial charge in [-0.2, -0.15) is 8.42 Å². The fourth-order valence-electron chi connectivity index (χ4n) is 1.10. The Morgan fingerprint density at radius 3 is 2.38 bits per heavy atom. The van der Waals surface area contributed by atoms with Crippen LogP contribution in [0.1, 0.15) is 18.9 Å². The van der Waals surface area contributed by atoms with Gasteiger partial charge in [0.15, 0.2) is 0 Å². The van der Waals surface area contributed by atoms with Crippen LogP contribution in [0.3, 0.4) is 0 Å². The van der Waals surface area contributed by atoms with Gasteiger partial charge in [-0.25, -0.2) is 0 Å². The van der Waals surface area contributed by atoms with Crippen molar-refractivity contribution < 1.29 is 17.7 Å². The lowest BCUT2D eigenvalue weighted by Gasteiger charge is -2.07. The SMILES string of the molecule is Cc1ccc(S(=O)(=O)OCC[C@@H](C)O)cc1. The number of aryl methyl sites for hydroxylation is 1. The van der Waals surface area contributed by atoms with Crippen LogP contribution in [-0.4, -0.2) is 26.2 Å². The Bertz CT molecular complexity index is 420. The molecule has 0 saturated heterocycles. The minimum absolute atomic E-state index is 0.00607. The Labute approximate surface area is 96.0 Å². The Morgan fingerprint density at radius 2 is 1.88 bits per heavy atom. The fourth-order valence-corrected chi connectivity index (χ4v) is 2.02. The van der Waals surface area contributed by atoms with Crippen LogP contribution < -0.4 is 0 Å². The summed E-state index contributed by atoms with van der Waals surface area (Å²) >= 11 is 0. The van der Waals surface area contributed by atoms with Gasteiger partial charge in [-0.05, 0) is 32.4 Å². The van der Waals surface area contributed by atoms with Crippen LogP contribution in [0.2, 0.25) is 0 Å². The average molecular weight is 244 g/mol. The quantitative estimate of drug-likeness (QED) is 0.797. The summed E-state index contributed by atoms with van der Waals surface area (Å²) in [5.74, 6) is 0. The molecule has 0 radical (unpaired) electrons. The van der Waals surface area contributed by atoms with Gasteiger partial charge in [0.05, 0.1) is 17.6 Å². The summed E-state index contributed by atoms with van der Waals surface area (Å²) in [5, 5.41) is 8.98. The van der Waals surface area contributed by atoms with Crippen molar-refractivity contribution in [2.45, 2.75) is 31.3 Å². The molecule has 0 aliphatic rings. The van der Waals surface area contributed by atoms with Crippen molar-refractivity contribution >= 4 is 10.1 Å². The molecule has 5 heteroatoms. The molecule has 1 aromatic carbocycles. The highest BCUT2D eigenvalue weighted by molar-refractivity contribution is 7.86. The van der Waals surface area contributed by atoms with Gasteiger partial charge in [-0.3, -0.25) is 4.18 Å². The number of hydrogen-bond acceptors (Lipinski definition) is 4. The van der Waals surface area contributed by atoms with E-state index in [1.807, 2.05) is 6.92 Å². The first-order valence-electron chi connectivity index (χ1n) is 5.06. The standard InChI is InChI=1S/C11H16O4S/c1-9-3-5-11(6-4-9)16(13,14)15-8-7-10(2)12/h3-6,10,12H,7-8H2,1-2H3/t10-/m1/s1. The Balaban J connectivity index is 2.67.